The summed E-state index contributed by atoms with van der Waals surface area (Å²) in [5.41, 5.74) is 1.54. The molecule has 1 fully saturated rings. The van der Waals surface area contributed by atoms with Gasteiger partial charge in [-0.2, -0.15) is 4.72 Å². The number of nitrogens with one attached hydrogen (secondary N) is 1. The molecule has 1 saturated heterocycles. The highest BCUT2D eigenvalue weighted by Crippen LogP contribution is 2.21. The highest BCUT2D eigenvalue weighted by molar-refractivity contribution is 7.89. The monoisotopic (exact) mass is 457 g/mol. The fourth-order valence-corrected chi connectivity index (χ4v) is 5.22. The predicted octanol–water partition coefficient (Wildman–Crippen LogP) is 2.28. The van der Waals surface area contributed by atoms with Crippen LogP contribution in [0.2, 0.25) is 0 Å². The van der Waals surface area contributed by atoms with Crippen molar-refractivity contribution in [3.8, 4) is 0 Å². The van der Waals surface area contributed by atoms with Crippen LogP contribution in [0, 0.1) is 5.92 Å². The Morgan fingerprint density at radius 1 is 1.16 bits per heavy atom. The number of fused-ring (bicyclic) bond motifs is 1. The smallest absolute Gasteiger partial charge is 0.408 e. The Morgan fingerprint density at radius 3 is 2.53 bits per heavy atom. The molecule has 3 aromatic rings. The average Bonchev–Trinajstić information content (AvgIpc) is 3.07. The van der Waals surface area contributed by atoms with E-state index in [0.717, 1.165) is 18.4 Å². The summed E-state index contributed by atoms with van der Waals surface area (Å²) in [6, 6.07) is 12.6. The van der Waals surface area contributed by atoms with Crippen LogP contribution >= 0.6 is 0 Å². The number of aryl methyl sites for hydroxylation is 1. The molecule has 0 spiro atoms. The Hall–Kier alpha value is -2.91. The Balaban J connectivity index is 1.63. The minimum atomic E-state index is -4.04. The van der Waals surface area contributed by atoms with Gasteiger partial charge in [-0.15, -0.1) is 0 Å². The largest absolute Gasteiger partial charge is 0.419 e. The van der Waals surface area contributed by atoms with E-state index in [1.54, 1.807) is 11.9 Å². The van der Waals surface area contributed by atoms with E-state index in [1.165, 1.54) is 22.8 Å². The van der Waals surface area contributed by atoms with Crippen LogP contribution in [0.25, 0.3) is 11.1 Å². The van der Waals surface area contributed by atoms with E-state index in [1.807, 2.05) is 30.3 Å². The van der Waals surface area contributed by atoms with Crippen molar-refractivity contribution in [1.29, 1.82) is 0 Å². The molecular weight excluding hydrogens is 430 g/mol. The lowest BCUT2D eigenvalue weighted by Gasteiger charge is -2.33. The SMILES string of the molecule is CC1CCN(C(=O)[C@H](Cc2ccccc2)NS(=O)(=O)c2ccc3c(c2)oc(=O)n3C)CC1. The third-order valence-corrected chi connectivity index (χ3v) is 7.52. The summed E-state index contributed by atoms with van der Waals surface area (Å²) in [6.45, 7) is 3.40. The minimum absolute atomic E-state index is 0.0579. The van der Waals surface area contributed by atoms with Crippen molar-refractivity contribution in [2.24, 2.45) is 13.0 Å². The van der Waals surface area contributed by atoms with Crippen LogP contribution in [-0.2, 0) is 28.3 Å². The molecule has 1 N–H and O–H groups in total. The number of nitrogens with zero attached hydrogens (tertiary/aromatic N) is 2. The number of aromatic nitrogens is 1. The molecule has 1 aliphatic heterocycles. The molecular formula is C23H27N3O5S. The summed E-state index contributed by atoms with van der Waals surface area (Å²) < 4.78 is 35.4. The number of rotatable bonds is 6. The van der Waals surface area contributed by atoms with E-state index in [9.17, 15) is 18.0 Å². The molecule has 1 aliphatic rings. The maximum atomic E-state index is 13.3. The van der Waals surface area contributed by atoms with Gasteiger partial charge < -0.3 is 9.32 Å². The second kappa shape index (κ2) is 8.91. The van der Waals surface area contributed by atoms with Gasteiger partial charge in [-0.25, -0.2) is 13.2 Å². The van der Waals surface area contributed by atoms with E-state index in [-0.39, 0.29) is 22.8 Å². The summed E-state index contributed by atoms with van der Waals surface area (Å²) >= 11 is 0. The molecule has 32 heavy (non-hydrogen) atoms. The van der Waals surface area contributed by atoms with Gasteiger partial charge in [0.2, 0.25) is 15.9 Å². The van der Waals surface area contributed by atoms with Crippen molar-refractivity contribution in [2.45, 2.75) is 37.1 Å². The van der Waals surface area contributed by atoms with Crippen LogP contribution in [0.5, 0.6) is 0 Å². The molecule has 0 saturated carbocycles. The molecule has 0 aliphatic carbocycles. The van der Waals surface area contributed by atoms with Crippen molar-refractivity contribution >= 4 is 27.0 Å². The maximum Gasteiger partial charge on any atom is 0.419 e. The van der Waals surface area contributed by atoms with E-state index < -0.39 is 21.8 Å². The number of amides is 1. The first-order valence-corrected chi connectivity index (χ1v) is 12.2. The van der Waals surface area contributed by atoms with Gasteiger partial charge in [0.05, 0.1) is 10.4 Å². The normalized spacial score (nSPS) is 16.4. The Bertz CT molecular complexity index is 1270. The molecule has 1 aromatic heterocycles. The summed E-state index contributed by atoms with van der Waals surface area (Å²) in [6.07, 6.45) is 2.05. The van der Waals surface area contributed by atoms with Crippen molar-refractivity contribution in [3.63, 3.8) is 0 Å². The first-order chi connectivity index (χ1) is 15.2. The Kier molecular flexibility index (Phi) is 6.21. The molecule has 2 aromatic carbocycles. The van der Waals surface area contributed by atoms with E-state index in [4.69, 9.17) is 4.42 Å². The van der Waals surface area contributed by atoms with Gasteiger partial charge in [-0.3, -0.25) is 9.36 Å². The number of oxazole rings is 1. The number of carbonyl (C=O) groups is 1. The summed E-state index contributed by atoms with van der Waals surface area (Å²) in [5.74, 6) is -0.244. The minimum Gasteiger partial charge on any atom is -0.408 e. The number of benzene rings is 2. The molecule has 0 radical (unpaired) electrons. The van der Waals surface area contributed by atoms with Crippen LogP contribution < -0.4 is 10.5 Å². The van der Waals surface area contributed by atoms with Crippen LogP contribution in [0.3, 0.4) is 0 Å². The van der Waals surface area contributed by atoms with Crippen molar-refractivity contribution in [3.05, 3.63) is 64.6 Å². The summed E-state index contributed by atoms with van der Waals surface area (Å²) in [5, 5.41) is 0. The van der Waals surface area contributed by atoms with Gasteiger partial charge in [0, 0.05) is 26.2 Å². The number of carbonyl (C=O) groups excluding carboxylic acids is 1. The quantitative estimate of drug-likeness (QED) is 0.612. The fraction of sp³-hybridized carbons (Fsp3) is 0.391. The highest BCUT2D eigenvalue weighted by atomic mass is 32.2. The third-order valence-electron chi connectivity index (χ3n) is 6.05. The van der Waals surface area contributed by atoms with E-state index >= 15 is 0 Å². The van der Waals surface area contributed by atoms with Gasteiger partial charge in [0.1, 0.15) is 6.04 Å². The van der Waals surface area contributed by atoms with Gasteiger partial charge >= 0.3 is 5.76 Å². The zero-order chi connectivity index (χ0) is 22.9. The van der Waals surface area contributed by atoms with Gasteiger partial charge in [-0.05, 0) is 42.9 Å². The number of sulfonamides is 1. The van der Waals surface area contributed by atoms with Crippen LogP contribution in [0.1, 0.15) is 25.3 Å². The number of likely N-dealkylation sites (tertiary alicyclic amines) is 1. The van der Waals surface area contributed by atoms with Gasteiger partial charge in [-0.1, -0.05) is 37.3 Å². The van der Waals surface area contributed by atoms with Gasteiger partial charge in [0.15, 0.2) is 5.58 Å². The zero-order valence-corrected chi connectivity index (χ0v) is 19.0. The molecule has 1 atom stereocenters. The van der Waals surface area contributed by atoms with Gasteiger partial charge in [0.25, 0.3) is 0 Å². The summed E-state index contributed by atoms with van der Waals surface area (Å²) in [7, 11) is -2.49. The first kappa shape index (κ1) is 22.3. The van der Waals surface area contributed by atoms with E-state index in [2.05, 4.69) is 11.6 Å². The lowest BCUT2D eigenvalue weighted by Crippen LogP contribution is -2.51. The predicted molar refractivity (Wildman–Crippen MR) is 121 cm³/mol. The Morgan fingerprint density at radius 2 is 1.84 bits per heavy atom. The number of hydrogen-bond donors (Lipinski definition) is 1. The van der Waals surface area contributed by atoms with Crippen molar-refractivity contribution in [2.75, 3.05) is 13.1 Å². The lowest BCUT2D eigenvalue weighted by atomic mass is 9.98. The van der Waals surface area contributed by atoms with E-state index in [0.29, 0.717) is 24.5 Å². The maximum absolute atomic E-state index is 13.3. The lowest BCUT2D eigenvalue weighted by molar-refractivity contribution is -0.134. The molecule has 4 rings (SSSR count). The van der Waals surface area contributed by atoms with Crippen LogP contribution in [-0.4, -0.2) is 42.9 Å². The standard InChI is InChI=1S/C23H27N3O5S/c1-16-10-12-26(13-11-16)22(27)19(14-17-6-4-3-5-7-17)24-32(29,30)18-8-9-20-21(15-18)31-23(28)25(20)2/h3-9,15-16,19,24H,10-14H2,1-2H3/t19-/m0/s1. The van der Waals surface area contributed by atoms with Crippen molar-refractivity contribution in [1.82, 2.24) is 14.2 Å². The molecule has 8 nitrogen and oxygen atoms in total. The van der Waals surface area contributed by atoms with Crippen LogP contribution in [0.15, 0.2) is 62.6 Å². The van der Waals surface area contributed by atoms with Crippen LogP contribution in [0.4, 0.5) is 0 Å². The second-order valence-corrected chi connectivity index (χ2v) is 10.1. The summed E-state index contributed by atoms with van der Waals surface area (Å²) in [4.78, 5) is 26.8. The number of piperidine rings is 1. The molecule has 0 unspecified atom stereocenters. The third kappa shape index (κ3) is 4.63. The molecule has 9 heteroatoms. The van der Waals surface area contributed by atoms with Crippen molar-refractivity contribution < 1.29 is 17.6 Å². The average molecular weight is 458 g/mol. The Labute approximate surface area is 186 Å². The molecule has 0 bridgehead atoms. The topological polar surface area (TPSA) is 102 Å². The number of hydrogen-bond acceptors (Lipinski definition) is 5. The first-order valence-electron chi connectivity index (χ1n) is 10.7. The zero-order valence-electron chi connectivity index (χ0n) is 18.2. The fourth-order valence-electron chi connectivity index (χ4n) is 4.02. The molecule has 170 valence electrons. The highest BCUT2D eigenvalue weighted by Gasteiger charge is 2.31. The molecule has 2 heterocycles. The molecule has 1 amide bonds. The second-order valence-electron chi connectivity index (χ2n) is 8.43.